The van der Waals surface area contributed by atoms with Crippen LogP contribution >= 0.6 is 0 Å². The maximum absolute atomic E-state index is 13.7. The van der Waals surface area contributed by atoms with Crippen LogP contribution in [0.15, 0.2) is 0 Å². The third-order valence-electron chi connectivity index (χ3n) is 11.8. The van der Waals surface area contributed by atoms with Crippen molar-refractivity contribution in [1.82, 2.24) is 0 Å². The lowest BCUT2D eigenvalue weighted by molar-refractivity contribution is -0.317. The van der Waals surface area contributed by atoms with Gasteiger partial charge in [-0.25, -0.2) is 0 Å². The van der Waals surface area contributed by atoms with Gasteiger partial charge in [-0.15, -0.1) is 0 Å². The Kier molecular flexibility index (Phi) is 23.7. The highest BCUT2D eigenvalue weighted by Gasteiger charge is 2.55. The molecule has 2 saturated heterocycles. The highest BCUT2D eigenvalue weighted by molar-refractivity contribution is 5.73. The quantitative estimate of drug-likeness (QED) is 0.0346. The van der Waals surface area contributed by atoms with E-state index in [1.807, 2.05) is 0 Å². The van der Waals surface area contributed by atoms with Crippen molar-refractivity contribution < 1.29 is 88.4 Å². The van der Waals surface area contributed by atoms with Crippen LogP contribution in [0.2, 0.25) is 0 Å². The summed E-state index contributed by atoms with van der Waals surface area (Å²) >= 11 is 0. The zero-order valence-electron chi connectivity index (χ0n) is 35.8. The second kappa shape index (κ2) is 27.2. The average Bonchev–Trinajstić information content (AvgIpc) is 3.23. The van der Waals surface area contributed by atoms with Gasteiger partial charge in [-0.2, -0.15) is 0 Å². The van der Waals surface area contributed by atoms with Gasteiger partial charge in [-0.05, 0) is 25.7 Å². The molecule has 0 bridgehead atoms. The average molecular weight is 867 g/mol. The zero-order valence-corrected chi connectivity index (χ0v) is 35.8. The van der Waals surface area contributed by atoms with Crippen molar-refractivity contribution in [1.29, 1.82) is 0 Å². The summed E-state index contributed by atoms with van der Waals surface area (Å²) in [6.45, 7) is 5.65. The van der Waals surface area contributed by atoms with E-state index in [4.69, 9.17) is 33.2 Å². The Hall–Kier alpha value is -2.07. The number of hydrogen-bond acceptors (Lipinski definition) is 18. The summed E-state index contributed by atoms with van der Waals surface area (Å²) < 4.78 is 41.3. The van der Waals surface area contributed by atoms with E-state index in [0.29, 0.717) is 19.3 Å². The van der Waals surface area contributed by atoms with Crippen LogP contribution in [0.4, 0.5) is 0 Å². The van der Waals surface area contributed by atoms with Gasteiger partial charge in [0.15, 0.2) is 24.8 Å². The number of aliphatic hydroxyl groups is 8. The first-order chi connectivity index (χ1) is 28.7. The van der Waals surface area contributed by atoms with Crippen molar-refractivity contribution in [2.75, 3.05) is 19.8 Å². The normalized spacial score (nSPS) is 35.1. The lowest BCUT2D eigenvalue weighted by Crippen LogP contribution is -2.64. The molecular weight excluding hydrogens is 792 g/mol. The molecule has 8 N–H and O–H groups in total. The molecule has 3 aliphatic rings. The van der Waals surface area contributed by atoms with Crippen LogP contribution in [-0.4, -0.2) is 164 Å². The van der Waals surface area contributed by atoms with Gasteiger partial charge in [0.05, 0.1) is 31.8 Å². The Morgan fingerprint density at radius 3 is 1.68 bits per heavy atom. The first-order valence-corrected chi connectivity index (χ1v) is 22.2. The zero-order chi connectivity index (χ0) is 44.4. The third kappa shape index (κ3) is 15.3. The van der Waals surface area contributed by atoms with Gasteiger partial charge in [0.2, 0.25) is 0 Å². The van der Waals surface area contributed by atoms with Crippen LogP contribution in [0.25, 0.3) is 0 Å². The van der Waals surface area contributed by atoms with Crippen LogP contribution < -0.4 is 0 Å². The second-order valence-corrected chi connectivity index (χ2v) is 16.5. The van der Waals surface area contributed by atoms with E-state index in [1.165, 1.54) is 0 Å². The predicted octanol–water partition coefficient (Wildman–Crippen LogP) is 1.29. The summed E-state index contributed by atoms with van der Waals surface area (Å²) in [5.74, 6) is -3.71. The molecule has 16 unspecified atom stereocenters. The van der Waals surface area contributed by atoms with Crippen LogP contribution in [0, 0.1) is 11.8 Å². The highest BCUT2D eigenvalue weighted by atomic mass is 16.7. The minimum absolute atomic E-state index is 0.0135. The molecule has 0 aromatic heterocycles. The lowest BCUT2D eigenvalue weighted by Gasteiger charge is -2.48. The molecule has 0 radical (unpaired) electrons. The summed E-state index contributed by atoms with van der Waals surface area (Å²) in [6, 6.07) is 0. The van der Waals surface area contributed by atoms with Gasteiger partial charge in [0.25, 0.3) is 0 Å². The molecule has 0 amide bonds. The van der Waals surface area contributed by atoms with E-state index in [0.717, 1.165) is 64.2 Å². The molecule has 0 spiro atoms. The largest absolute Gasteiger partial charge is 0.458 e. The number of carbonyl (C=O) groups is 3. The van der Waals surface area contributed by atoms with Crippen molar-refractivity contribution in [3.8, 4) is 0 Å². The molecule has 3 fully saturated rings. The second-order valence-electron chi connectivity index (χ2n) is 16.5. The molecule has 0 aromatic carbocycles. The summed E-state index contributed by atoms with van der Waals surface area (Å²) in [4.78, 5) is 40.9. The van der Waals surface area contributed by atoms with Gasteiger partial charge in [0, 0.05) is 18.8 Å². The lowest BCUT2D eigenvalue weighted by atomic mass is 9.80. The molecule has 16 atom stereocenters. The summed E-state index contributed by atoms with van der Waals surface area (Å²) in [5.41, 5.74) is 0. The van der Waals surface area contributed by atoms with Crippen molar-refractivity contribution >= 4 is 17.9 Å². The Morgan fingerprint density at radius 1 is 0.600 bits per heavy atom. The SMILES string of the molecule is CCCCCCCCCC(=O)OC1C(COC2OC(CO)C(O)C(O)C2O)CC(OC2C(O)C(O)OC(CO)C2O)C(OC(=O)CCCCCCC)C1OC(=O)C(C)CC. The van der Waals surface area contributed by atoms with Gasteiger partial charge < -0.3 is 74.0 Å². The smallest absolute Gasteiger partial charge is 0.309 e. The fourth-order valence-electron chi connectivity index (χ4n) is 7.76. The van der Waals surface area contributed by atoms with E-state index in [-0.39, 0.29) is 19.3 Å². The standard InChI is InChI=1S/C42H74O18/c1-5-8-10-12-13-15-17-18-29(45)58-36-25(23-54-42-34(50)33(49)31(47)27(21-43)57-42)20-26(55-38-32(48)28(22-44)56-41(53)35(38)51)37(39(36)60-40(52)24(4)7-3)59-30(46)19-16-14-11-9-6-2/h24-28,31-39,41-44,47-51,53H,5-23H2,1-4H3. The first kappa shape index (κ1) is 52.3. The fraction of sp³-hybridized carbons (Fsp3) is 0.929. The molecule has 350 valence electrons. The molecule has 18 heteroatoms. The van der Waals surface area contributed by atoms with Gasteiger partial charge >= 0.3 is 17.9 Å². The molecule has 1 aliphatic carbocycles. The molecule has 1 saturated carbocycles. The van der Waals surface area contributed by atoms with Crippen LogP contribution in [0.1, 0.15) is 130 Å². The molecule has 60 heavy (non-hydrogen) atoms. The topological polar surface area (TPSA) is 278 Å². The van der Waals surface area contributed by atoms with Gasteiger partial charge in [-0.3, -0.25) is 14.4 Å². The molecular formula is C42H74O18. The minimum Gasteiger partial charge on any atom is -0.458 e. The number of ether oxygens (including phenoxy) is 7. The number of hydrogen-bond donors (Lipinski definition) is 8. The molecule has 2 heterocycles. The van der Waals surface area contributed by atoms with Crippen molar-refractivity contribution in [3.63, 3.8) is 0 Å². The van der Waals surface area contributed by atoms with E-state index >= 15 is 0 Å². The van der Waals surface area contributed by atoms with E-state index < -0.39 is 135 Å². The Morgan fingerprint density at radius 2 is 1.13 bits per heavy atom. The highest BCUT2D eigenvalue weighted by Crippen LogP contribution is 2.38. The monoisotopic (exact) mass is 866 g/mol. The van der Waals surface area contributed by atoms with Crippen molar-refractivity contribution in [3.05, 3.63) is 0 Å². The van der Waals surface area contributed by atoms with Crippen LogP contribution in [0.5, 0.6) is 0 Å². The molecule has 2 aliphatic heterocycles. The van der Waals surface area contributed by atoms with Gasteiger partial charge in [0.1, 0.15) is 54.9 Å². The minimum atomic E-state index is -1.90. The predicted molar refractivity (Wildman–Crippen MR) is 212 cm³/mol. The number of carbonyl (C=O) groups excluding carboxylic acids is 3. The number of rotatable bonds is 26. The molecule has 0 aromatic rings. The maximum Gasteiger partial charge on any atom is 0.309 e. The summed E-state index contributed by atoms with van der Waals surface area (Å²) in [6.07, 6.45) is -11.6. The Bertz CT molecular complexity index is 1240. The van der Waals surface area contributed by atoms with E-state index in [1.54, 1.807) is 13.8 Å². The van der Waals surface area contributed by atoms with Crippen molar-refractivity contribution in [2.45, 2.75) is 216 Å². The van der Waals surface area contributed by atoms with Crippen molar-refractivity contribution in [2.24, 2.45) is 11.8 Å². The first-order valence-electron chi connectivity index (χ1n) is 22.2. The molecule has 3 rings (SSSR count). The Balaban J connectivity index is 2.05. The van der Waals surface area contributed by atoms with Gasteiger partial charge in [-0.1, -0.05) is 91.9 Å². The number of esters is 3. The van der Waals surface area contributed by atoms with E-state index in [9.17, 15) is 55.2 Å². The third-order valence-corrected chi connectivity index (χ3v) is 11.8. The van der Waals surface area contributed by atoms with Crippen LogP contribution in [-0.2, 0) is 47.5 Å². The molecule has 18 nitrogen and oxygen atoms in total. The van der Waals surface area contributed by atoms with Crippen LogP contribution in [0.3, 0.4) is 0 Å². The number of unbranched alkanes of at least 4 members (excludes halogenated alkanes) is 10. The Labute approximate surface area is 353 Å². The summed E-state index contributed by atoms with van der Waals surface area (Å²) in [7, 11) is 0. The number of aliphatic hydroxyl groups excluding tert-OH is 8. The fourth-order valence-corrected chi connectivity index (χ4v) is 7.76. The van der Waals surface area contributed by atoms with E-state index in [2.05, 4.69) is 13.8 Å². The summed E-state index contributed by atoms with van der Waals surface area (Å²) in [5, 5.41) is 83.8. The maximum atomic E-state index is 13.7.